The predicted molar refractivity (Wildman–Crippen MR) is 104 cm³/mol. The van der Waals surface area contributed by atoms with E-state index in [-0.39, 0.29) is 17.8 Å². The van der Waals surface area contributed by atoms with Gasteiger partial charge in [0, 0.05) is 24.4 Å². The third-order valence-electron chi connectivity index (χ3n) is 4.38. The Kier molecular flexibility index (Phi) is 5.43. The smallest absolute Gasteiger partial charge is 0.232 e. The van der Waals surface area contributed by atoms with E-state index in [2.05, 4.69) is 48.0 Å². The summed E-state index contributed by atoms with van der Waals surface area (Å²) < 4.78 is 0. The first kappa shape index (κ1) is 17.5. The Morgan fingerprint density at radius 3 is 2.56 bits per heavy atom. The van der Waals surface area contributed by atoms with E-state index in [0.717, 1.165) is 24.0 Å². The predicted octanol–water partition coefficient (Wildman–Crippen LogP) is 3.97. The maximum Gasteiger partial charge on any atom is 0.232 e. The van der Waals surface area contributed by atoms with Crippen LogP contribution in [0, 0.1) is 11.3 Å². The second-order valence-electron chi connectivity index (χ2n) is 6.31. The van der Waals surface area contributed by atoms with Crippen molar-refractivity contribution in [2.24, 2.45) is 5.92 Å². The number of benzene rings is 2. The summed E-state index contributed by atoms with van der Waals surface area (Å²) in [5.74, 6) is 0.325. The Labute approximate surface area is 153 Å². The van der Waals surface area contributed by atoms with Crippen molar-refractivity contribution in [3.05, 3.63) is 54.1 Å². The molecule has 2 aromatic carbocycles. The minimum atomic E-state index is 0.0418. The van der Waals surface area contributed by atoms with Crippen molar-refractivity contribution < 1.29 is 4.79 Å². The molecule has 1 aliphatic rings. The fraction of sp³-hybridized carbons (Fsp3) is 0.300. The number of carbonyl (C=O) groups excluding carboxylic acids is 1. The number of guanidine groups is 1. The molecule has 25 heavy (non-hydrogen) atoms. The molecule has 1 amide bonds. The van der Waals surface area contributed by atoms with Gasteiger partial charge in [0.1, 0.15) is 0 Å². The van der Waals surface area contributed by atoms with Gasteiger partial charge in [0.15, 0.2) is 5.96 Å². The van der Waals surface area contributed by atoms with Crippen molar-refractivity contribution in [3.63, 3.8) is 0 Å². The molecule has 0 unspecified atom stereocenters. The van der Waals surface area contributed by atoms with E-state index in [1.54, 1.807) is 18.8 Å². The van der Waals surface area contributed by atoms with Crippen LogP contribution in [0.25, 0.3) is 11.1 Å². The van der Waals surface area contributed by atoms with Crippen LogP contribution in [0.15, 0.2) is 53.4 Å². The molecule has 0 radical (unpaired) electrons. The molecule has 5 heteroatoms. The Morgan fingerprint density at radius 2 is 1.88 bits per heavy atom. The molecule has 0 atom stereocenters. The van der Waals surface area contributed by atoms with Crippen LogP contribution < -0.4 is 5.32 Å². The fourth-order valence-electron chi connectivity index (χ4n) is 2.68. The average molecular weight is 353 g/mol. The molecule has 2 aromatic rings. The molecule has 0 spiro atoms. The summed E-state index contributed by atoms with van der Waals surface area (Å²) >= 11 is 1.73. The highest BCUT2D eigenvalue weighted by molar-refractivity contribution is 7.98. The summed E-state index contributed by atoms with van der Waals surface area (Å²) in [7, 11) is 1.67. The van der Waals surface area contributed by atoms with Crippen LogP contribution in [-0.2, 0) is 11.3 Å². The summed E-state index contributed by atoms with van der Waals surface area (Å²) in [6.45, 7) is 0.525. The zero-order valence-corrected chi connectivity index (χ0v) is 15.4. The minimum Gasteiger partial charge on any atom is -0.352 e. The van der Waals surface area contributed by atoms with Gasteiger partial charge in [0.25, 0.3) is 0 Å². The lowest BCUT2D eigenvalue weighted by Gasteiger charge is -2.19. The van der Waals surface area contributed by atoms with Crippen LogP contribution in [0.2, 0.25) is 0 Å². The number of amides is 1. The molecule has 1 fully saturated rings. The van der Waals surface area contributed by atoms with Crippen LogP contribution in [0.1, 0.15) is 18.4 Å². The molecule has 0 aromatic heterocycles. The molecule has 0 saturated heterocycles. The summed E-state index contributed by atoms with van der Waals surface area (Å²) in [5.41, 5.74) is 3.43. The molecule has 0 bridgehead atoms. The van der Waals surface area contributed by atoms with E-state index in [9.17, 15) is 4.79 Å². The lowest BCUT2D eigenvalue weighted by molar-refractivity contribution is -0.127. The topological polar surface area (TPSA) is 56.2 Å². The summed E-state index contributed by atoms with van der Waals surface area (Å²) in [6, 6.07) is 16.7. The maximum atomic E-state index is 12.0. The highest BCUT2D eigenvalue weighted by Gasteiger charge is 2.33. The van der Waals surface area contributed by atoms with Gasteiger partial charge in [0.05, 0.1) is 0 Å². The van der Waals surface area contributed by atoms with Gasteiger partial charge in [-0.1, -0.05) is 30.3 Å². The number of rotatable bonds is 5. The second kappa shape index (κ2) is 7.74. The normalized spacial score (nSPS) is 13.4. The van der Waals surface area contributed by atoms with Crippen LogP contribution in [0.4, 0.5) is 0 Å². The average Bonchev–Trinajstić information content (AvgIpc) is 3.50. The molecule has 0 heterocycles. The summed E-state index contributed by atoms with van der Waals surface area (Å²) in [6.07, 6.45) is 3.98. The number of thioether (sulfide) groups is 1. The first-order valence-corrected chi connectivity index (χ1v) is 9.64. The zero-order chi connectivity index (χ0) is 17.8. The standard InChI is InChI=1S/C20H23N3OS/c1-23(19(24)15-9-10-15)20(21)22-13-14-5-3-6-16(11-14)17-7-4-8-18(12-17)25-2/h3-8,11-12,15H,9-10,13H2,1-2H3,(H2,21,22). The third-order valence-corrected chi connectivity index (χ3v) is 5.11. The van der Waals surface area contributed by atoms with Gasteiger partial charge in [-0.15, -0.1) is 11.8 Å². The zero-order valence-electron chi connectivity index (χ0n) is 14.6. The van der Waals surface area contributed by atoms with E-state index in [4.69, 9.17) is 5.41 Å². The van der Waals surface area contributed by atoms with Crippen molar-refractivity contribution in [1.82, 2.24) is 10.2 Å². The van der Waals surface area contributed by atoms with Crippen LogP contribution in [-0.4, -0.2) is 30.1 Å². The monoisotopic (exact) mass is 353 g/mol. The number of carbonyl (C=O) groups is 1. The molecule has 4 nitrogen and oxygen atoms in total. The number of hydrogen-bond donors (Lipinski definition) is 2. The van der Waals surface area contributed by atoms with Gasteiger partial charge in [-0.25, -0.2) is 0 Å². The summed E-state index contributed by atoms with van der Waals surface area (Å²) in [5, 5.41) is 11.1. The maximum absolute atomic E-state index is 12.0. The second-order valence-corrected chi connectivity index (χ2v) is 7.19. The Balaban J connectivity index is 1.65. The Morgan fingerprint density at radius 1 is 1.20 bits per heavy atom. The molecule has 3 rings (SSSR count). The van der Waals surface area contributed by atoms with Gasteiger partial charge >= 0.3 is 0 Å². The van der Waals surface area contributed by atoms with Crippen molar-refractivity contribution in [1.29, 1.82) is 5.41 Å². The SMILES string of the molecule is CSc1cccc(-c2cccc(CNC(=N)N(C)C(=O)C3CC3)c2)c1. The third kappa shape index (κ3) is 4.42. The van der Waals surface area contributed by atoms with E-state index in [0.29, 0.717) is 6.54 Å². The van der Waals surface area contributed by atoms with Gasteiger partial charge in [-0.3, -0.25) is 15.1 Å². The number of nitrogens with zero attached hydrogens (tertiary/aromatic N) is 1. The van der Waals surface area contributed by atoms with Crippen molar-refractivity contribution in [2.75, 3.05) is 13.3 Å². The van der Waals surface area contributed by atoms with Crippen molar-refractivity contribution >= 4 is 23.6 Å². The lowest BCUT2D eigenvalue weighted by atomic mass is 10.0. The molecule has 1 saturated carbocycles. The number of nitrogens with one attached hydrogen (secondary N) is 2. The minimum absolute atomic E-state index is 0.0418. The van der Waals surface area contributed by atoms with Crippen LogP contribution in [0.5, 0.6) is 0 Å². The summed E-state index contributed by atoms with van der Waals surface area (Å²) in [4.78, 5) is 14.7. The van der Waals surface area contributed by atoms with Gasteiger partial charge < -0.3 is 5.32 Å². The van der Waals surface area contributed by atoms with Gasteiger partial charge in [-0.05, 0) is 54.0 Å². The largest absolute Gasteiger partial charge is 0.352 e. The Bertz CT molecular complexity index is 786. The van der Waals surface area contributed by atoms with Crippen LogP contribution >= 0.6 is 11.8 Å². The number of hydrogen-bond acceptors (Lipinski definition) is 3. The lowest BCUT2D eigenvalue weighted by Crippen LogP contribution is -2.42. The molecular formula is C20H23N3OS. The fourth-order valence-corrected chi connectivity index (χ4v) is 3.14. The molecule has 2 N–H and O–H groups in total. The van der Waals surface area contributed by atoms with Crippen LogP contribution in [0.3, 0.4) is 0 Å². The molecule has 0 aliphatic heterocycles. The van der Waals surface area contributed by atoms with Gasteiger partial charge in [-0.2, -0.15) is 0 Å². The molecule has 130 valence electrons. The molecular weight excluding hydrogens is 330 g/mol. The highest BCUT2D eigenvalue weighted by atomic mass is 32.2. The first-order valence-electron chi connectivity index (χ1n) is 8.42. The highest BCUT2D eigenvalue weighted by Crippen LogP contribution is 2.30. The van der Waals surface area contributed by atoms with E-state index in [1.165, 1.54) is 15.4 Å². The Hall–Kier alpha value is -2.27. The van der Waals surface area contributed by atoms with Crippen molar-refractivity contribution in [2.45, 2.75) is 24.3 Å². The van der Waals surface area contributed by atoms with E-state index >= 15 is 0 Å². The van der Waals surface area contributed by atoms with E-state index in [1.807, 2.05) is 12.1 Å². The van der Waals surface area contributed by atoms with Crippen molar-refractivity contribution in [3.8, 4) is 11.1 Å². The molecule has 1 aliphatic carbocycles. The quantitative estimate of drug-likeness (QED) is 0.486. The van der Waals surface area contributed by atoms with Gasteiger partial charge in [0.2, 0.25) is 5.91 Å². The van der Waals surface area contributed by atoms with E-state index < -0.39 is 0 Å². The first-order chi connectivity index (χ1) is 12.1.